The summed E-state index contributed by atoms with van der Waals surface area (Å²) in [4.78, 5) is 0. The van der Waals surface area contributed by atoms with Crippen molar-refractivity contribution in [2.24, 2.45) is 5.10 Å². The van der Waals surface area contributed by atoms with Crippen LogP contribution in [0.1, 0.15) is 0 Å². The first-order valence-electron chi connectivity index (χ1n) is 4.90. The van der Waals surface area contributed by atoms with Gasteiger partial charge in [-0.25, -0.2) is 0 Å². The lowest BCUT2D eigenvalue weighted by atomic mass is 10.2. The van der Waals surface area contributed by atoms with Crippen LogP contribution in [0.4, 0.5) is 0 Å². The van der Waals surface area contributed by atoms with Gasteiger partial charge in [0.2, 0.25) is 6.23 Å². The van der Waals surface area contributed by atoms with Gasteiger partial charge in [0, 0.05) is 6.08 Å². The Labute approximate surface area is 97.5 Å². The fraction of sp³-hybridized carbons (Fsp3) is 0.182. The van der Waals surface area contributed by atoms with E-state index in [1.54, 1.807) is 6.08 Å². The predicted molar refractivity (Wildman–Crippen MR) is 60.9 cm³/mol. The number of halogens is 1. The Bertz CT molecular complexity index is 485. The van der Waals surface area contributed by atoms with E-state index in [4.69, 9.17) is 21.1 Å². The average Bonchev–Trinajstić information content (AvgIpc) is 2.35. The number of alkyl halides is 1. The fourth-order valence-corrected chi connectivity index (χ4v) is 1.74. The molecule has 2 heterocycles. The molecule has 16 heavy (non-hydrogen) atoms. The van der Waals surface area contributed by atoms with Crippen LogP contribution in [0.5, 0.6) is 11.5 Å². The Morgan fingerprint density at radius 3 is 2.94 bits per heavy atom. The Morgan fingerprint density at radius 2 is 2.12 bits per heavy atom. The summed E-state index contributed by atoms with van der Waals surface area (Å²) in [6.45, 7) is 0. The molecule has 0 spiro atoms. The molecule has 0 aromatic heterocycles. The number of allylic oxidation sites excluding steroid dienone is 1. The predicted octanol–water partition coefficient (Wildman–Crippen LogP) is 1.87. The van der Waals surface area contributed by atoms with Crippen molar-refractivity contribution in [1.29, 1.82) is 0 Å². The average molecular weight is 237 g/mol. The molecule has 0 bridgehead atoms. The van der Waals surface area contributed by atoms with Crippen molar-refractivity contribution in [3.8, 4) is 11.5 Å². The van der Waals surface area contributed by atoms with Crippen molar-refractivity contribution in [1.82, 2.24) is 5.43 Å². The molecule has 0 fully saturated rings. The second kappa shape index (κ2) is 3.72. The topological polar surface area (TPSA) is 42.9 Å². The molecular weight excluding hydrogens is 228 g/mol. The van der Waals surface area contributed by atoms with Crippen molar-refractivity contribution in [2.45, 2.75) is 6.23 Å². The van der Waals surface area contributed by atoms with E-state index >= 15 is 0 Å². The second-order valence-corrected chi connectivity index (χ2v) is 3.73. The number of nitrogens with zero attached hydrogens (tertiary/aromatic N) is 1. The van der Waals surface area contributed by atoms with Crippen LogP contribution in [0.15, 0.2) is 41.2 Å². The lowest BCUT2D eigenvalue weighted by molar-refractivity contribution is 0.118. The molecule has 0 amide bonds. The molecule has 1 N–H and O–H groups in total. The van der Waals surface area contributed by atoms with E-state index in [9.17, 15) is 0 Å². The van der Waals surface area contributed by atoms with Gasteiger partial charge >= 0.3 is 0 Å². The van der Waals surface area contributed by atoms with Crippen LogP contribution in [-0.4, -0.2) is 17.8 Å². The van der Waals surface area contributed by atoms with Gasteiger partial charge in [-0.1, -0.05) is 12.1 Å². The maximum atomic E-state index is 5.70. The lowest BCUT2D eigenvalue weighted by Gasteiger charge is -2.30. The third-order valence-corrected chi connectivity index (χ3v) is 2.63. The summed E-state index contributed by atoms with van der Waals surface area (Å²) in [6.07, 6.45) is 1.44. The quantitative estimate of drug-likeness (QED) is 0.757. The Balaban J connectivity index is 1.95. The Kier molecular flexibility index (Phi) is 2.22. The van der Waals surface area contributed by atoms with Crippen LogP contribution < -0.4 is 14.9 Å². The zero-order chi connectivity index (χ0) is 11.0. The number of hydrogen-bond acceptors (Lipinski definition) is 4. The lowest BCUT2D eigenvalue weighted by Crippen LogP contribution is -2.41. The number of ether oxygens (including phenoxy) is 2. The highest BCUT2D eigenvalue weighted by Gasteiger charge is 2.28. The fourth-order valence-electron chi connectivity index (χ4n) is 1.60. The summed E-state index contributed by atoms with van der Waals surface area (Å²) in [5, 5.41) is 4.06. The Hall–Kier alpha value is -1.68. The molecule has 82 valence electrons. The summed E-state index contributed by atoms with van der Waals surface area (Å²) in [6, 6.07) is 7.51. The highest BCUT2D eigenvalue weighted by atomic mass is 35.5. The van der Waals surface area contributed by atoms with E-state index in [1.165, 1.54) is 0 Å². The zero-order valence-corrected chi connectivity index (χ0v) is 9.07. The van der Waals surface area contributed by atoms with Crippen LogP contribution in [0.3, 0.4) is 0 Å². The summed E-state index contributed by atoms with van der Waals surface area (Å²) >= 11 is 5.70. The smallest absolute Gasteiger partial charge is 0.243 e. The van der Waals surface area contributed by atoms with Crippen molar-refractivity contribution in [2.75, 3.05) is 5.88 Å². The molecule has 0 radical (unpaired) electrons. The highest BCUT2D eigenvalue weighted by Crippen LogP contribution is 2.34. The van der Waals surface area contributed by atoms with Crippen LogP contribution in [0.25, 0.3) is 0 Å². The molecule has 0 saturated heterocycles. The molecule has 1 aromatic rings. The number of rotatable bonds is 1. The van der Waals surface area contributed by atoms with Gasteiger partial charge in [0.1, 0.15) is 0 Å². The molecule has 1 unspecified atom stereocenters. The molecule has 2 aliphatic heterocycles. The van der Waals surface area contributed by atoms with Crippen molar-refractivity contribution >= 4 is 17.3 Å². The number of para-hydroxylation sites is 2. The molecule has 0 saturated carbocycles. The van der Waals surface area contributed by atoms with E-state index in [0.717, 1.165) is 5.71 Å². The van der Waals surface area contributed by atoms with Gasteiger partial charge in [-0.2, -0.15) is 5.10 Å². The standard InChI is InChI=1S/C11H9ClN2O2/c12-6-7-5-10-11(14-13-7)16-9-4-2-1-3-8(9)15-10/h1-5,11,14H,6H2. The monoisotopic (exact) mass is 236 g/mol. The van der Waals surface area contributed by atoms with E-state index < -0.39 is 0 Å². The van der Waals surface area contributed by atoms with Gasteiger partial charge < -0.3 is 9.47 Å². The minimum atomic E-state index is -0.359. The third kappa shape index (κ3) is 1.51. The molecule has 4 nitrogen and oxygen atoms in total. The van der Waals surface area contributed by atoms with Gasteiger partial charge in [-0.15, -0.1) is 11.6 Å². The van der Waals surface area contributed by atoms with E-state index in [0.29, 0.717) is 23.1 Å². The molecular formula is C11H9ClN2O2. The van der Waals surface area contributed by atoms with Gasteiger partial charge in [0.15, 0.2) is 17.3 Å². The molecule has 1 atom stereocenters. The van der Waals surface area contributed by atoms with Crippen molar-refractivity contribution in [3.05, 3.63) is 36.1 Å². The first kappa shape index (κ1) is 9.54. The number of benzene rings is 1. The minimum Gasteiger partial charge on any atom is -0.458 e. The first-order chi connectivity index (χ1) is 7.86. The molecule has 1 aromatic carbocycles. The minimum absolute atomic E-state index is 0.341. The number of fused-ring (bicyclic) bond motifs is 2. The van der Waals surface area contributed by atoms with Crippen molar-refractivity contribution in [3.63, 3.8) is 0 Å². The van der Waals surface area contributed by atoms with Crippen molar-refractivity contribution < 1.29 is 9.47 Å². The van der Waals surface area contributed by atoms with Crippen LogP contribution in [0.2, 0.25) is 0 Å². The first-order valence-corrected chi connectivity index (χ1v) is 5.43. The molecule has 2 aliphatic rings. The van der Waals surface area contributed by atoms with Gasteiger partial charge in [-0.05, 0) is 12.1 Å². The molecule has 3 rings (SSSR count). The molecule has 0 aliphatic carbocycles. The summed E-state index contributed by atoms with van der Waals surface area (Å²) in [5.74, 6) is 2.45. The number of hydrogen-bond donors (Lipinski definition) is 1. The normalized spacial score (nSPS) is 21.4. The van der Waals surface area contributed by atoms with Crippen LogP contribution in [0, 0.1) is 0 Å². The van der Waals surface area contributed by atoms with E-state index in [2.05, 4.69) is 10.5 Å². The summed E-state index contributed by atoms with van der Waals surface area (Å²) in [5.41, 5.74) is 3.58. The van der Waals surface area contributed by atoms with Gasteiger partial charge in [0.05, 0.1) is 11.6 Å². The SMILES string of the molecule is ClCC1=NNC2Oc3ccccc3OC2=C1. The highest BCUT2D eigenvalue weighted by molar-refractivity contribution is 6.30. The summed E-state index contributed by atoms with van der Waals surface area (Å²) < 4.78 is 11.4. The van der Waals surface area contributed by atoms with E-state index in [1.807, 2.05) is 24.3 Å². The van der Waals surface area contributed by atoms with Gasteiger partial charge in [-0.3, -0.25) is 5.43 Å². The van der Waals surface area contributed by atoms with Gasteiger partial charge in [0.25, 0.3) is 0 Å². The second-order valence-electron chi connectivity index (χ2n) is 3.46. The molecule has 5 heteroatoms. The van der Waals surface area contributed by atoms with Crippen LogP contribution >= 0.6 is 11.6 Å². The third-order valence-electron chi connectivity index (χ3n) is 2.35. The largest absolute Gasteiger partial charge is 0.458 e. The Morgan fingerprint density at radius 1 is 1.31 bits per heavy atom. The van der Waals surface area contributed by atoms with E-state index in [-0.39, 0.29) is 6.23 Å². The maximum Gasteiger partial charge on any atom is 0.243 e. The van der Waals surface area contributed by atoms with Crippen LogP contribution in [-0.2, 0) is 0 Å². The zero-order valence-electron chi connectivity index (χ0n) is 8.31. The number of hydrazone groups is 1. The maximum absolute atomic E-state index is 5.70. The summed E-state index contributed by atoms with van der Waals surface area (Å²) in [7, 11) is 0. The number of nitrogens with one attached hydrogen (secondary N) is 1.